The first-order chi connectivity index (χ1) is 15.6. The van der Waals surface area contributed by atoms with Crippen LogP contribution in [0, 0.1) is 5.41 Å². The zero-order valence-corrected chi connectivity index (χ0v) is 19.2. The number of hydrogen-bond acceptors (Lipinski definition) is 8. The zero-order valence-electron chi connectivity index (χ0n) is 19.2. The molecule has 3 rings (SSSR count). The van der Waals surface area contributed by atoms with E-state index in [1.54, 1.807) is 13.0 Å². The standard InChI is InChI=1S/C22H37N5O5/c1-19(21(23)28)3-2-9-29-11-13-31-14-12-30-10-8-27-16-20(24-25-27)15-26-6-4-22(5-7-26)17-32-18-22/h3,16H,2,4-15,17-18H2,1H3,(H2,23,28). The minimum absolute atomic E-state index is 0.396. The van der Waals surface area contributed by atoms with E-state index in [2.05, 4.69) is 15.2 Å². The SMILES string of the molecule is CC(=CCCOCCOCCOCCn1cc(CN2CCC3(CC2)COC3)nn1)C(N)=O. The maximum atomic E-state index is 10.9. The summed E-state index contributed by atoms with van der Waals surface area (Å²) in [6.07, 6.45) is 6.89. The first-order valence-electron chi connectivity index (χ1n) is 11.5. The third-order valence-corrected chi connectivity index (χ3v) is 6.02. The van der Waals surface area contributed by atoms with Crippen LogP contribution < -0.4 is 5.73 Å². The second-order valence-electron chi connectivity index (χ2n) is 8.62. The van der Waals surface area contributed by atoms with Crippen molar-refractivity contribution in [2.45, 2.75) is 39.3 Å². The molecule has 1 spiro atoms. The number of piperidine rings is 1. The molecule has 2 fully saturated rings. The fourth-order valence-corrected chi connectivity index (χ4v) is 3.77. The van der Waals surface area contributed by atoms with Crippen molar-refractivity contribution in [2.24, 2.45) is 11.1 Å². The Morgan fingerprint density at radius 1 is 1.12 bits per heavy atom. The molecule has 1 aromatic rings. The van der Waals surface area contributed by atoms with Crippen LogP contribution in [-0.4, -0.2) is 91.7 Å². The normalized spacial score (nSPS) is 18.7. The summed E-state index contributed by atoms with van der Waals surface area (Å²) in [5.41, 5.74) is 7.19. The third-order valence-electron chi connectivity index (χ3n) is 6.02. The monoisotopic (exact) mass is 451 g/mol. The highest BCUT2D eigenvalue weighted by Gasteiger charge is 2.41. The Bertz CT molecular complexity index is 724. The lowest BCUT2D eigenvalue weighted by Gasteiger charge is -2.47. The van der Waals surface area contributed by atoms with Gasteiger partial charge in [-0.1, -0.05) is 11.3 Å². The van der Waals surface area contributed by atoms with Crippen LogP contribution >= 0.6 is 0 Å². The quantitative estimate of drug-likeness (QED) is 0.307. The number of hydrogen-bond donors (Lipinski definition) is 1. The molecule has 0 unspecified atom stereocenters. The van der Waals surface area contributed by atoms with Crippen molar-refractivity contribution < 1.29 is 23.7 Å². The molecular weight excluding hydrogens is 414 g/mol. The van der Waals surface area contributed by atoms with E-state index >= 15 is 0 Å². The molecule has 0 radical (unpaired) electrons. The summed E-state index contributed by atoms with van der Waals surface area (Å²) < 4.78 is 23.7. The lowest BCUT2D eigenvalue weighted by Crippen LogP contribution is -2.50. The van der Waals surface area contributed by atoms with Gasteiger partial charge in [-0.3, -0.25) is 9.69 Å². The molecule has 2 N–H and O–H groups in total. The average molecular weight is 452 g/mol. The van der Waals surface area contributed by atoms with Gasteiger partial charge in [-0.15, -0.1) is 5.10 Å². The van der Waals surface area contributed by atoms with Crippen molar-refractivity contribution in [3.63, 3.8) is 0 Å². The van der Waals surface area contributed by atoms with E-state index in [1.807, 2.05) is 10.9 Å². The van der Waals surface area contributed by atoms with E-state index in [4.69, 9.17) is 24.7 Å². The Morgan fingerprint density at radius 3 is 2.41 bits per heavy atom. The van der Waals surface area contributed by atoms with E-state index < -0.39 is 5.91 Å². The maximum Gasteiger partial charge on any atom is 0.244 e. The van der Waals surface area contributed by atoms with Crippen molar-refractivity contribution in [3.05, 3.63) is 23.5 Å². The highest BCUT2D eigenvalue weighted by atomic mass is 16.5. The molecule has 0 saturated carbocycles. The lowest BCUT2D eigenvalue weighted by atomic mass is 9.77. The zero-order chi connectivity index (χ0) is 22.7. The number of carbonyl (C=O) groups excluding carboxylic acids is 1. The Hall–Kier alpha value is -1.85. The Kier molecular flexibility index (Phi) is 10.1. The summed E-state index contributed by atoms with van der Waals surface area (Å²) in [7, 11) is 0. The second-order valence-corrected chi connectivity index (χ2v) is 8.62. The summed E-state index contributed by atoms with van der Waals surface area (Å²) in [4.78, 5) is 13.3. The fourth-order valence-electron chi connectivity index (χ4n) is 3.77. The van der Waals surface area contributed by atoms with Crippen molar-refractivity contribution in [1.82, 2.24) is 19.9 Å². The molecule has 2 aliphatic heterocycles. The Balaban J connectivity index is 1.14. The van der Waals surface area contributed by atoms with Gasteiger partial charge < -0.3 is 24.7 Å². The van der Waals surface area contributed by atoms with E-state index in [0.717, 1.165) is 38.5 Å². The van der Waals surface area contributed by atoms with Gasteiger partial charge in [0.25, 0.3) is 0 Å². The summed E-state index contributed by atoms with van der Waals surface area (Å²) in [6.45, 7) is 10.5. The molecular formula is C22H37N5O5. The van der Waals surface area contributed by atoms with Crippen molar-refractivity contribution in [2.75, 3.05) is 65.9 Å². The topological polar surface area (TPSA) is 114 Å². The fraction of sp³-hybridized carbons (Fsp3) is 0.773. The summed E-state index contributed by atoms with van der Waals surface area (Å²) in [5.74, 6) is -0.396. The predicted octanol–water partition coefficient (Wildman–Crippen LogP) is 0.762. The summed E-state index contributed by atoms with van der Waals surface area (Å²) in [5, 5.41) is 8.50. The van der Waals surface area contributed by atoms with Crippen LogP contribution in [0.1, 0.15) is 31.9 Å². The summed E-state index contributed by atoms with van der Waals surface area (Å²) >= 11 is 0. The van der Waals surface area contributed by atoms with E-state index in [-0.39, 0.29) is 0 Å². The summed E-state index contributed by atoms with van der Waals surface area (Å²) in [6, 6.07) is 0. The van der Waals surface area contributed by atoms with Crippen molar-refractivity contribution in [3.8, 4) is 0 Å². The molecule has 0 aromatic carbocycles. The number of carbonyl (C=O) groups is 1. The predicted molar refractivity (Wildman–Crippen MR) is 118 cm³/mol. The molecule has 10 heteroatoms. The number of rotatable bonds is 15. The second kappa shape index (κ2) is 13.0. The van der Waals surface area contributed by atoms with Crippen LogP contribution in [0.5, 0.6) is 0 Å². The number of aromatic nitrogens is 3. The molecule has 2 aliphatic rings. The van der Waals surface area contributed by atoms with Gasteiger partial charge in [0.1, 0.15) is 0 Å². The Labute approximate surface area is 190 Å². The van der Waals surface area contributed by atoms with Crippen LogP contribution in [0.3, 0.4) is 0 Å². The Morgan fingerprint density at radius 2 is 1.78 bits per heavy atom. The molecule has 10 nitrogen and oxygen atoms in total. The lowest BCUT2D eigenvalue weighted by molar-refractivity contribution is -0.140. The number of nitrogens with zero attached hydrogens (tertiary/aromatic N) is 4. The number of nitrogens with two attached hydrogens (primary N) is 1. The number of amides is 1. The van der Waals surface area contributed by atoms with Gasteiger partial charge in [0, 0.05) is 23.7 Å². The molecule has 1 amide bonds. The third kappa shape index (κ3) is 8.25. The van der Waals surface area contributed by atoms with Crippen LogP contribution in [-0.2, 0) is 36.8 Å². The highest BCUT2D eigenvalue weighted by molar-refractivity contribution is 5.91. The molecule has 2 saturated heterocycles. The molecule has 180 valence electrons. The molecule has 3 heterocycles. The first-order valence-corrected chi connectivity index (χ1v) is 11.5. The first kappa shape index (κ1) is 24.8. The van der Waals surface area contributed by atoms with Gasteiger partial charge in [0.15, 0.2) is 0 Å². The minimum atomic E-state index is -0.396. The van der Waals surface area contributed by atoms with Gasteiger partial charge in [0.05, 0.1) is 65.1 Å². The number of primary amides is 1. The molecule has 32 heavy (non-hydrogen) atoms. The van der Waals surface area contributed by atoms with Gasteiger partial charge in [-0.25, -0.2) is 4.68 Å². The van der Waals surface area contributed by atoms with Gasteiger partial charge in [-0.2, -0.15) is 0 Å². The van der Waals surface area contributed by atoms with Crippen LogP contribution in [0.15, 0.2) is 17.8 Å². The number of ether oxygens (including phenoxy) is 4. The van der Waals surface area contributed by atoms with E-state index in [1.165, 1.54) is 12.8 Å². The van der Waals surface area contributed by atoms with Crippen LogP contribution in [0.25, 0.3) is 0 Å². The highest BCUT2D eigenvalue weighted by Crippen LogP contribution is 2.38. The van der Waals surface area contributed by atoms with Crippen molar-refractivity contribution >= 4 is 5.91 Å². The molecule has 1 aromatic heterocycles. The van der Waals surface area contributed by atoms with E-state index in [0.29, 0.717) is 63.6 Å². The van der Waals surface area contributed by atoms with Gasteiger partial charge in [-0.05, 0) is 39.3 Å². The molecule has 0 aliphatic carbocycles. The number of likely N-dealkylation sites (tertiary alicyclic amines) is 1. The molecule has 0 atom stereocenters. The minimum Gasteiger partial charge on any atom is -0.380 e. The van der Waals surface area contributed by atoms with Crippen LogP contribution in [0.2, 0.25) is 0 Å². The van der Waals surface area contributed by atoms with E-state index in [9.17, 15) is 4.79 Å². The maximum absolute atomic E-state index is 10.9. The average Bonchev–Trinajstić information content (AvgIpc) is 3.21. The van der Waals surface area contributed by atoms with Crippen molar-refractivity contribution in [1.29, 1.82) is 0 Å². The van der Waals surface area contributed by atoms with Crippen LogP contribution in [0.4, 0.5) is 0 Å². The van der Waals surface area contributed by atoms with Gasteiger partial charge >= 0.3 is 0 Å². The largest absolute Gasteiger partial charge is 0.380 e. The smallest absolute Gasteiger partial charge is 0.244 e. The molecule has 0 bridgehead atoms. The van der Waals surface area contributed by atoms with Gasteiger partial charge in [0.2, 0.25) is 5.91 Å².